The molecule has 0 radical (unpaired) electrons. The van der Waals surface area contributed by atoms with Gasteiger partial charge in [0, 0.05) is 30.6 Å². The fourth-order valence-corrected chi connectivity index (χ4v) is 3.77. The van der Waals surface area contributed by atoms with Crippen molar-refractivity contribution in [1.29, 1.82) is 0 Å². The van der Waals surface area contributed by atoms with Crippen molar-refractivity contribution in [2.45, 2.75) is 38.8 Å². The number of rotatable bonds is 1. The third kappa shape index (κ3) is 1.47. The molecule has 0 spiro atoms. The van der Waals surface area contributed by atoms with E-state index in [0.29, 0.717) is 11.9 Å². The molecule has 2 aliphatic rings. The summed E-state index contributed by atoms with van der Waals surface area (Å²) in [4.78, 5) is 14.1. The fraction of sp³-hybridized carbons (Fsp3) is 0.438. The number of aromatic nitrogens is 1. The molecule has 1 fully saturated rings. The van der Waals surface area contributed by atoms with Crippen molar-refractivity contribution in [3.05, 3.63) is 35.5 Å². The molecule has 4 rings (SSSR count). The largest absolute Gasteiger partial charge is 0.345 e. The lowest BCUT2D eigenvalue weighted by Crippen LogP contribution is -2.32. The quantitative estimate of drug-likeness (QED) is 0.768. The van der Waals surface area contributed by atoms with Crippen LogP contribution in [0.3, 0.4) is 0 Å². The molecular formula is C16H18N2O. The average Bonchev–Trinajstić information content (AvgIpc) is 2.96. The van der Waals surface area contributed by atoms with Crippen LogP contribution in [0.5, 0.6) is 0 Å². The van der Waals surface area contributed by atoms with Crippen LogP contribution in [0.15, 0.2) is 24.3 Å². The molecule has 0 bridgehead atoms. The zero-order chi connectivity index (χ0) is 13.0. The van der Waals surface area contributed by atoms with Gasteiger partial charge in [-0.15, -0.1) is 0 Å². The first-order valence-electron chi connectivity index (χ1n) is 7.14. The summed E-state index contributed by atoms with van der Waals surface area (Å²) in [5, 5.41) is 1.31. The first-order chi connectivity index (χ1) is 9.25. The van der Waals surface area contributed by atoms with Gasteiger partial charge in [-0.3, -0.25) is 4.79 Å². The topological polar surface area (TPSA) is 25.2 Å². The second-order valence-corrected chi connectivity index (χ2v) is 5.72. The second kappa shape index (κ2) is 3.86. The van der Waals surface area contributed by atoms with E-state index in [2.05, 4.69) is 40.7 Å². The molecule has 0 aliphatic carbocycles. The van der Waals surface area contributed by atoms with Crippen LogP contribution in [0.4, 0.5) is 0 Å². The number of benzene rings is 1. The van der Waals surface area contributed by atoms with E-state index in [0.717, 1.165) is 32.4 Å². The first kappa shape index (κ1) is 11.1. The van der Waals surface area contributed by atoms with Gasteiger partial charge in [-0.2, -0.15) is 0 Å². The number of carbonyl (C=O) groups is 1. The van der Waals surface area contributed by atoms with E-state index in [4.69, 9.17) is 0 Å². The van der Waals surface area contributed by atoms with Crippen LogP contribution >= 0.6 is 0 Å². The van der Waals surface area contributed by atoms with Crippen LogP contribution in [0.1, 0.15) is 36.6 Å². The molecule has 98 valence electrons. The molecule has 1 unspecified atom stereocenters. The van der Waals surface area contributed by atoms with Gasteiger partial charge in [-0.1, -0.05) is 18.2 Å². The molecule has 1 aromatic heterocycles. The van der Waals surface area contributed by atoms with Crippen molar-refractivity contribution in [2.24, 2.45) is 0 Å². The Hall–Kier alpha value is -1.77. The Morgan fingerprint density at radius 2 is 2.16 bits per heavy atom. The molecule has 1 amide bonds. The lowest BCUT2D eigenvalue weighted by Gasteiger charge is -2.33. The Labute approximate surface area is 112 Å². The molecule has 0 N–H and O–H groups in total. The summed E-state index contributed by atoms with van der Waals surface area (Å²) < 4.78 is 2.40. The maximum atomic E-state index is 12.0. The van der Waals surface area contributed by atoms with Crippen molar-refractivity contribution < 1.29 is 4.79 Å². The monoisotopic (exact) mass is 254 g/mol. The summed E-state index contributed by atoms with van der Waals surface area (Å²) >= 11 is 0. The van der Waals surface area contributed by atoms with Crippen molar-refractivity contribution in [3.8, 4) is 0 Å². The number of carbonyl (C=O) groups excluding carboxylic acids is 1. The van der Waals surface area contributed by atoms with Crippen LogP contribution in [0.25, 0.3) is 10.9 Å². The predicted octanol–water partition coefficient (Wildman–Crippen LogP) is 3.02. The average molecular weight is 254 g/mol. The maximum Gasteiger partial charge on any atom is 0.223 e. The molecule has 1 atom stereocenters. The second-order valence-electron chi connectivity index (χ2n) is 5.72. The van der Waals surface area contributed by atoms with Gasteiger partial charge in [0.1, 0.15) is 0 Å². The van der Waals surface area contributed by atoms with E-state index in [9.17, 15) is 4.79 Å². The molecule has 2 aliphatic heterocycles. The molecule has 1 saturated heterocycles. The maximum absolute atomic E-state index is 12.0. The molecule has 1 aromatic carbocycles. The SMILES string of the molecule is Cc1cc2cccc3c2n1CCC3N1CCCC1=O. The van der Waals surface area contributed by atoms with Gasteiger partial charge >= 0.3 is 0 Å². The van der Waals surface area contributed by atoms with Crippen LogP contribution in [0.2, 0.25) is 0 Å². The highest BCUT2D eigenvalue weighted by Gasteiger charge is 2.32. The Kier molecular flexibility index (Phi) is 2.25. The first-order valence-corrected chi connectivity index (χ1v) is 7.14. The summed E-state index contributed by atoms with van der Waals surface area (Å²) in [5.41, 5.74) is 4.01. The van der Waals surface area contributed by atoms with E-state index in [1.165, 1.54) is 22.2 Å². The third-order valence-electron chi connectivity index (χ3n) is 4.63. The Morgan fingerprint density at radius 1 is 1.26 bits per heavy atom. The van der Waals surface area contributed by atoms with Crippen LogP contribution in [-0.4, -0.2) is 21.9 Å². The van der Waals surface area contributed by atoms with Crippen molar-refractivity contribution in [3.63, 3.8) is 0 Å². The van der Waals surface area contributed by atoms with E-state index in [-0.39, 0.29) is 0 Å². The lowest BCUT2D eigenvalue weighted by molar-refractivity contribution is -0.130. The normalized spacial score (nSPS) is 22.5. The number of hydrogen-bond acceptors (Lipinski definition) is 1. The van der Waals surface area contributed by atoms with Crippen molar-refractivity contribution in [2.75, 3.05) is 6.54 Å². The summed E-state index contributed by atoms with van der Waals surface area (Å²) in [6.07, 6.45) is 2.80. The summed E-state index contributed by atoms with van der Waals surface area (Å²) in [6, 6.07) is 9.05. The minimum Gasteiger partial charge on any atom is -0.345 e. The number of hydrogen-bond donors (Lipinski definition) is 0. The minimum atomic E-state index is 0.292. The zero-order valence-corrected chi connectivity index (χ0v) is 11.2. The third-order valence-corrected chi connectivity index (χ3v) is 4.63. The van der Waals surface area contributed by atoms with Gasteiger partial charge in [-0.25, -0.2) is 0 Å². The van der Waals surface area contributed by atoms with Gasteiger partial charge in [-0.05, 0) is 31.4 Å². The molecule has 3 heteroatoms. The van der Waals surface area contributed by atoms with Crippen molar-refractivity contribution >= 4 is 16.8 Å². The van der Waals surface area contributed by atoms with Crippen LogP contribution in [0, 0.1) is 6.92 Å². The molecule has 3 nitrogen and oxygen atoms in total. The highest BCUT2D eigenvalue weighted by Crippen LogP contribution is 2.38. The predicted molar refractivity (Wildman–Crippen MR) is 75.0 cm³/mol. The van der Waals surface area contributed by atoms with E-state index >= 15 is 0 Å². The van der Waals surface area contributed by atoms with E-state index in [1.54, 1.807) is 0 Å². The minimum absolute atomic E-state index is 0.292. The number of amides is 1. The summed E-state index contributed by atoms with van der Waals surface area (Å²) in [5.74, 6) is 0.332. The van der Waals surface area contributed by atoms with Gasteiger partial charge in [0.15, 0.2) is 0 Å². The highest BCUT2D eigenvalue weighted by atomic mass is 16.2. The number of likely N-dealkylation sites (tertiary alicyclic amines) is 1. The number of nitrogens with zero attached hydrogens (tertiary/aromatic N) is 2. The van der Waals surface area contributed by atoms with E-state index in [1.807, 2.05) is 0 Å². The van der Waals surface area contributed by atoms with Gasteiger partial charge in [0.05, 0.1) is 11.6 Å². The number of aryl methyl sites for hydroxylation is 2. The van der Waals surface area contributed by atoms with E-state index < -0.39 is 0 Å². The molecule has 0 saturated carbocycles. The fourth-order valence-electron chi connectivity index (χ4n) is 3.77. The van der Waals surface area contributed by atoms with Crippen LogP contribution < -0.4 is 0 Å². The standard InChI is InChI=1S/C16H18N2O/c1-11-10-12-4-2-5-13-14(7-9-17(11)16(12)13)18-8-3-6-15(18)19/h2,4-5,10,14H,3,6-9H2,1H3. The van der Waals surface area contributed by atoms with Crippen molar-refractivity contribution in [1.82, 2.24) is 9.47 Å². The molecule has 2 aromatic rings. The molecular weight excluding hydrogens is 236 g/mol. The Bertz CT molecular complexity index is 671. The lowest BCUT2D eigenvalue weighted by atomic mass is 9.97. The molecule has 19 heavy (non-hydrogen) atoms. The smallest absolute Gasteiger partial charge is 0.223 e. The zero-order valence-electron chi connectivity index (χ0n) is 11.2. The Balaban J connectivity index is 1.90. The summed E-state index contributed by atoms with van der Waals surface area (Å²) in [6.45, 7) is 4.13. The Morgan fingerprint density at radius 3 is 2.95 bits per heavy atom. The molecule has 3 heterocycles. The van der Waals surface area contributed by atoms with Gasteiger partial charge < -0.3 is 9.47 Å². The summed E-state index contributed by atoms with van der Waals surface area (Å²) in [7, 11) is 0. The van der Waals surface area contributed by atoms with Gasteiger partial charge in [0.25, 0.3) is 0 Å². The van der Waals surface area contributed by atoms with Gasteiger partial charge in [0.2, 0.25) is 5.91 Å². The highest BCUT2D eigenvalue weighted by molar-refractivity contribution is 5.86. The number of para-hydroxylation sites is 1. The van der Waals surface area contributed by atoms with Crippen LogP contribution in [-0.2, 0) is 11.3 Å².